The van der Waals surface area contributed by atoms with Gasteiger partial charge in [-0.1, -0.05) is 19.1 Å². The number of nitrogens with one attached hydrogen (secondary N) is 1. The van der Waals surface area contributed by atoms with Crippen LogP contribution in [-0.2, 0) is 0 Å². The van der Waals surface area contributed by atoms with Gasteiger partial charge in [-0.15, -0.1) is 0 Å². The van der Waals surface area contributed by atoms with E-state index in [9.17, 15) is 0 Å². The number of ether oxygens (including phenoxy) is 2. The lowest BCUT2D eigenvalue weighted by Gasteiger charge is -2.18. The molecule has 0 aliphatic rings. The molecule has 1 aromatic rings. The van der Waals surface area contributed by atoms with E-state index in [-0.39, 0.29) is 6.10 Å². The Labute approximate surface area is 91.4 Å². The average molecular weight is 209 g/mol. The molecule has 0 radical (unpaired) electrons. The number of hydrogen-bond donors (Lipinski definition) is 1. The van der Waals surface area contributed by atoms with Gasteiger partial charge in [-0.2, -0.15) is 0 Å². The van der Waals surface area contributed by atoms with Crippen molar-refractivity contribution in [2.24, 2.45) is 0 Å². The van der Waals surface area contributed by atoms with E-state index >= 15 is 0 Å². The van der Waals surface area contributed by atoms with E-state index in [4.69, 9.17) is 9.47 Å². The number of methoxy groups -OCH3 is 1. The van der Waals surface area contributed by atoms with Crippen LogP contribution in [0.25, 0.3) is 0 Å². The fraction of sp³-hybridized carbons (Fsp3) is 0.500. The highest BCUT2D eigenvalue weighted by atomic mass is 16.5. The topological polar surface area (TPSA) is 30.5 Å². The van der Waals surface area contributed by atoms with Gasteiger partial charge in [0.2, 0.25) is 0 Å². The first-order chi connectivity index (χ1) is 7.31. The van der Waals surface area contributed by atoms with Crippen LogP contribution >= 0.6 is 0 Å². The van der Waals surface area contributed by atoms with E-state index in [1.807, 2.05) is 31.3 Å². The maximum atomic E-state index is 5.84. The molecule has 0 fully saturated rings. The largest absolute Gasteiger partial charge is 0.493 e. The molecule has 1 unspecified atom stereocenters. The quantitative estimate of drug-likeness (QED) is 0.778. The molecule has 15 heavy (non-hydrogen) atoms. The lowest BCUT2D eigenvalue weighted by atomic mass is 10.2. The van der Waals surface area contributed by atoms with Crippen LogP contribution in [0.2, 0.25) is 0 Å². The molecular weight excluding hydrogens is 190 g/mol. The number of benzene rings is 1. The van der Waals surface area contributed by atoms with Crippen molar-refractivity contribution in [2.75, 3.05) is 20.7 Å². The van der Waals surface area contributed by atoms with Gasteiger partial charge in [-0.05, 0) is 25.6 Å². The second-order valence-corrected chi connectivity index (χ2v) is 3.36. The Morgan fingerprint density at radius 1 is 1.27 bits per heavy atom. The summed E-state index contributed by atoms with van der Waals surface area (Å²) in [7, 11) is 3.58. The molecule has 84 valence electrons. The van der Waals surface area contributed by atoms with Crippen LogP contribution in [0.3, 0.4) is 0 Å². The van der Waals surface area contributed by atoms with Crippen LogP contribution < -0.4 is 14.8 Å². The van der Waals surface area contributed by atoms with E-state index in [1.54, 1.807) is 7.11 Å². The fourth-order valence-corrected chi connectivity index (χ4v) is 1.39. The maximum absolute atomic E-state index is 5.84. The Hall–Kier alpha value is -1.22. The molecule has 3 nitrogen and oxygen atoms in total. The van der Waals surface area contributed by atoms with E-state index in [2.05, 4.69) is 12.2 Å². The molecule has 0 bridgehead atoms. The van der Waals surface area contributed by atoms with Crippen molar-refractivity contribution < 1.29 is 9.47 Å². The molecule has 0 heterocycles. The lowest BCUT2D eigenvalue weighted by molar-refractivity contribution is 0.188. The minimum absolute atomic E-state index is 0.186. The highest BCUT2D eigenvalue weighted by molar-refractivity contribution is 5.39. The van der Waals surface area contributed by atoms with Gasteiger partial charge < -0.3 is 14.8 Å². The minimum Gasteiger partial charge on any atom is -0.493 e. The number of hydrogen-bond acceptors (Lipinski definition) is 3. The molecule has 0 spiro atoms. The molecule has 0 aliphatic heterocycles. The molecule has 1 aromatic carbocycles. The summed E-state index contributed by atoms with van der Waals surface area (Å²) in [5.74, 6) is 1.59. The zero-order valence-electron chi connectivity index (χ0n) is 9.62. The van der Waals surface area contributed by atoms with Gasteiger partial charge in [0, 0.05) is 6.54 Å². The average Bonchev–Trinajstić information content (AvgIpc) is 2.29. The van der Waals surface area contributed by atoms with E-state index in [0.717, 1.165) is 24.5 Å². The fourth-order valence-electron chi connectivity index (χ4n) is 1.39. The summed E-state index contributed by atoms with van der Waals surface area (Å²) >= 11 is 0. The summed E-state index contributed by atoms with van der Waals surface area (Å²) in [6.07, 6.45) is 1.16. The summed E-state index contributed by atoms with van der Waals surface area (Å²) in [6, 6.07) is 7.72. The predicted octanol–water partition coefficient (Wildman–Crippen LogP) is 2.07. The standard InChI is InChI=1S/C12H19NO2/c1-4-10(9-13-2)15-12-8-6-5-7-11(12)14-3/h5-8,10,13H,4,9H2,1-3H3. The summed E-state index contributed by atoms with van der Waals surface area (Å²) in [5, 5.41) is 3.11. The molecule has 1 N–H and O–H groups in total. The van der Waals surface area contributed by atoms with Gasteiger partial charge in [0.25, 0.3) is 0 Å². The van der Waals surface area contributed by atoms with E-state index < -0.39 is 0 Å². The Morgan fingerprint density at radius 2 is 1.93 bits per heavy atom. The third kappa shape index (κ3) is 3.44. The number of likely N-dealkylation sites (N-methyl/N-ethyl adjacent to an activating group) is 1. The maximum Gasteiger partial charge on any atom is 0.161 e. The summed E-state index contributed by atoms with van der Waals surface area (Å²) in [6.45, 7) is 2.95. The van der Waals surface area contributed by atoms with Crippen molar-refractivity contribution in [2.45, 2.75) is 19.4 Å². The van der Waals surface area contributed by atoms with Gasteiger partial charge in [-0.25, -0.2) is 0 Å². The molecule has 3 heteroatoms. The zero-order valence-corrected chi connectivity index (χ0v) is 9.62. The Balaban J connectivity index is 2.69. The molecule has 0 amide bonds. The molecular formula is C12H19NO2. The monoisotopic (exact) mass is 209 g/mol. The highest BCUT2D eigenvalue weighted by Crippen LogP contribution is 2.27. The van der Waals surface area contributed by atoms with E-state index in [1.165, 1.54) is 0 Å². The third-order valence-electron chi connectivity index (χ3n) is 2.25. The summed E-state index contributed by atoms with van der Waals surface area (Å²) < 4.78 is 11.1. The first-order valence-electron chi connectivity index (χ1n) is 5.26. The minimum atomic E-state index is 0.186. The van der Waals surface area contributed by atoms with Gasteiger partial charge in [-0.3, -0.25) is 0 Å². The first-order valence-corrected chi connectivity index (χ1v) is 5.26. The van der Waals surface area contributed by atoms with Crippen molar-refractivity contribution in [3.05, 3.63) is 24.3 Å². The number of rotatable bonds is 6. The van der Waals surface area contributed by atoms with Crippen molar-refractivity contribution in [3.8, 4) is 11.5 Å². The molecule has 1 rings (SSSR count). The van der Waals surface area contributed by atoms with Crippen LogP contribution in [0.5, 0.6) is 11.5 Å². The van der Waals surface area contributed by atoms with Gasteiger partial charge in [0.05, 0.1) is 7.11 Å². The Kier molecular flexibility index (Phi) is 4.98. The first kappa shape index (κ1) is 11.9. The molecule has 0 aliphatic carbocycles. The van der Waals surface area contributed by atoms with Gasteiger partial charge in [0.1, 0.15) is 6.10 Å². The second-order valence-electron chi connectivity index (χ2n) is 3.36. The van der Waals surface area contributed by atoms with Crippen molar-refractivity contribution in [1.29, 1.82) is 0 Å². The molecule has 0 saturated carbocycles. The Bertz CT molecular complexity index is 289. The van der Waals surface area contributed by atoms with Crippen molar-refractivity contribution in [1.82, 2.24) is 5.32 Å². The zero-order chi connectivity index (χ0) is 11.1. The normalized spacial score (nSPS) is 12.2. The van der Waals surface area contributed by atoms with Gasteiger partial charge in [0.15, 0.2) is 11.5 Å². The van der Waals surface area contributed by atoms with E-state index in [0.29, 0.717) is 0 Å². The SMILES string of the molecule is CCC(CNC)Oc1ccccc1OC. The van der Waals surface area contributed by atoms with Crippen molar-refractivity contribution >= 4 is 0 Å². The second kappa shape index (κ2) is 6.30. The molecule has 0 saturated heterocycles. The van der Waals surface area contributed by atoms with Crippen LogP contribution in [-0.4, -0.2) is 26.8 Å². The van der Waals surface area contributed by atoms with Crippen LogP contribution in [0, 0.1) is 0 Å². The molecule has 1 atom stereocenters. The van der Waals surface area contributed by atoms with Crippen LogP contribution in [0.4, 0.5) is 0 Å². The molecule has 0 aromatic heterocycles. The lowest BCUT2D eigenvalue weighted by Crippen LogP contribution is -2.28. The Morgan fingerprint density at radius 3 is 2.47 bits per heavy atom. The predicted molar refractivity (Wildman–Crippen MR) is 61.6 cm³/mol. The number of para-hydroxylation sites is 2. The van der Waals surface area contributed by atoms with Crippen LogP contribution in [0.1, 0.15) is 13.3 Å². The third-order valence-corrected chi connectivity index (χ3v) is 2.25. The summed E-state index contributed by atoms with van der Waals surface area (Å²) in [4.78, 5) is 0. The van der Waals surface area contributed by atoms with Crippen LogP contribution in [0.15, 0.2) is 24.3 Å². The summed E-state index contributed by atoms with van der Waals surface area (Å²) in [5.41, 5.74) is 0. The highest BCUT2D eigenvalue weighted by Gasteiger charge is 2.09. The smallest absolute Gasteiger partial charge is 0.161 e. The van der Waals surface area contributed by atoms with Gasteiger partial charge >= 0.3 is 0 Å². The van der Waals surface area contributed by atoms with Crippen molar-refractivity contribution in [3.63, 3.8) is 0 Å².